The number of ether oxygens (including phenoxy) is 2. The number of carbonyl (C=O) groups excluding carboxylic acids is 2. The number of hydrogen-bond acceptors (Lipinski definition) is 10. The number of amides is 2. The summed E-state index contributed by atoms with van der Waals surface area (Å²) >= 11 is 2.83. The quantitative estimate of drug-likeness (QED) is 0.184. The first kappa shape index (κ1) is 30.2. The van der Waals surface area contributed by atoms with Gasteiger partial charge in [0.25, 0.3) is 11.8 Å². The lowest BCUT2D eigenvalue weighted by Crippen LogP contribution is -2.29. The Bertz CT molecular complexity index is 1830. The van der Waals surface area contributed by atoms with Crippen LogP contribution in [-0.4, -0.2) is 57.3 Å². The van der Waals surface area contributed by atoms with Crippen LogP contribution in [0.4, 0.5) is 0 Å². The molecule has 1 atom stereocenters. The maximum Gasteiger partial charge on any atom is 0.287 e. The summed E-state index contributed by atoms with van der Waals surface area (Å²) in [5, 5.41) is 20.4. The number of hydrazone groups is 1. The highest BCUT2D eigenvalue weighted by Crippen LogP contribution is 2.42. The van der Waals surface area contributed by atoms with Crippen LogP contribution >= 0.6 is 23.1 Å². The third-order valence-electron chi connectivity index (χ3n) is 7.20. The van der Waals surface area contributed by atoms with Gasteiger partial charge in [-0.1, -0.05) is 42.1 Å². The summed E-state index contributed by atoms with van der Waals surface area (Å²) in [6.07, 6.45) is 1.97. The Morgan fingerprint density at radius 1 is 1.07 bits per heavy atom. The van der Waals surface area contributed by atoms with Crippen molar-refractivity contribution in [2.45, 2.75) is 31.1 Å². The number of nitrogens with zero attached hydrogens (tertiary/aromatic N) is 5. The van der Waals surface area contributed by atoms with Crippen molar-refractivity contribution in [1.29, 1.82) is 0 Å². The van der Waals surface area contributed by atoms with E-state index in [4.69, 9.17) is 19.0 Å². The minimum atomic E-state index is -0.387. The summed E-state index contributed by atoms with van der Waals surface area (Å²) in [4.78, 5) is 27.5. The van der Waals surface area contributed by atoms with E-state index in [1.165, 1.54) is 23.0 Å². The molecule has 6 rings (SSSR count). The van der Waals surface area contributed by atoms with Gasteiger partial charge in [0.1, 0.15) is 0 Å². The SMILES string of the molecule is COc1cccc([C@H]2CC(c3cccs3)=NN2C(=O)CSc2nnc(CNC(=O)c3ccco3)n2-c2cccc(C)c2)c1OC. The van der Waals surface area contributed by atoms with Crippen LogP contribution in [-0.2, 0) is 11.3 Å². The first-order valence-corrected chi connectivity index (χ1v) is 15.9. The van der Waals surface area contributed by atoms with Crippen molar-refractivity contribution in [3.8, 4) is 17.2 Å². The minimum Gasteiger partial charge on any atom is -0.493 e. The molecule has 0 fully saturated rings. The van der Waals surface area contributed by atoms with E-state index in [1.807, 2.05) is 71.5 Å². The molecule has 11 nitrogen and oxygen atoms in total. The molecule has 5 aromatic rings. The molecule has 0 unspecified atom stereocenters. The highest BCUT2D eigenvalue weighted by molar-refractivity contribution is 7.99. The van der Waals surface area contributed by atoms with Crippen LogP contribution in [0.15, 0.2) is 93.0 Å². The summed E-state index contributed by atoms with van der Waals surface area (Å²) < 4.78 is 18.3. The van der Waals surface area contributed by atoms with Crippen molar-refractivity contribution >= 4 is 40.6 Å². The van der Waals surface area contributed by atoms with Gasteiger partial charge in [0, 0.05) is 17.7 Å². The number of carbonyl (C=O) groups is 2. The molecule has 1 aliphatic heterocycles. The van der Waals surface area contributed by atoms with E-state index in [0.717, 1.165) is 27.4 Å². The number of para-hydroxylation sites is 1. The molecule has 0 bridgehead atoms. The Kier molecular flexibility index (Phi) is 8.98. The van der Waals surface area contributed by atoms with Gasteiger partial charge in [-0.3, -0.25) is 14.2 Å². The second-order valence-electron chi connectivity index (χ2n) is 10.1. The van der Waals surface area contributed by atoms with Crippen LogP contribution in [0.5, 0.6) is 11.5 Å². The maximum absolute atomic E-state index is 13.9. The summed E-state index contributed by atoms with van der Waals surface area (Å²) in [5.74, 6) is 1.34. The molecule has 4 heterocycles. The first-order chi connectivity index (χ1) is 22.0. The largest absolute Gasteiger partial charge is 0.493 e. The Labute approximate surface area is 267 Å². The van der Waals surface area contributed by atoms with Gasteiger partial charge in [-0.2, -0.15) is 5.10 Å². The van der Waals surface area contributed by atoms with Crippen molar-refractivity contribution < 1.29 is 23.5 Å². The van der Waals surface area contributed by atoms with Gasteiger partial charge in [-0.15, -0.1) is 21.5 Å². The van der Waals surface area contributed by atoms with Gasteiger partial charge < -0.3 is 19.2 Å². The number of rotatable bonds is 11. The van der Waals surface area contributed by atoms with E-state index >= 15 is 0 Å². The zero-order valence-corrected chi connectivity index (χ0v) is 26.4. The van der Waals surface area contributed by atoms with Crippen LogP contribution in [0.3, 0.4) is 0 Å². The van der Waals surface area contributed by atoms with E-state index in [0.29, 0.717) is 28.9 Å². The second kappa shape index (κ2) is 13.4. The Morgan fingerprint density at radius 3 is 2.67 bits per heavy atom. The van der Waals surface area contributed by atoms with Crippen LogP contribution < -0.4 is 14.8 Å². The molecular formula is C32H30N6O5S2. The van der Waals surface area contributed by atoms with Gasteiger partial charge in [-0.05, 0) is 54.3 Å². The standard InChI is InChI=1S/C32H30N6O5S2/c1-20-8-4-9-21(16-20)37-28(18-33-31(40)26-12-6-14-43-26)34-35-32(37)45-19-29(39)38-24(17-23(36-38)27-13-7-15-44-27)22-10-5-11-25(41-2)30(22)42-3/h4-16,24H,17-19H2,1-3H3,(H,33,40)/t24-/m1/s1. The third-order valence-corrected chi connectivity index (χ3v) is 9.03. The Morgan fingerprint density at radius 2 is 1.93 bits per heavy atom. The fraction of sp³-hybridized carbons (Fsp3) is 0.219. The molecule has 13 heteroatoms. The lowest BCUT2D eigenvalue weighted by Gasteiger charge is -2.24. The smallest absolute Gasteiger partial charge is 0.287 e. The maximum atomic E-state index is 13.9. The summed E-state index contributed by atoms with van der Waals surface area (Å²) in [7, 11) is 3.18. The normalized spacial score (nSPS) is 14.3. The zero-order valence-electron chi connectivity index (χ0n) is 24.8. The lowest BCUT2D eigenvalue weighted by atomic mass is 9.99. The monoisotopic (exact) mass is 642 g/mol. The van der Waals surface area contributed by atoms with Gasteiger partial charge in [-0.25, -0.2) is 5.01 Å². The number of hydrogen-bond donors (Lipinski definition) is 1. The van der Waals surface area contributed by atoms with E-state index < -0.39 is 0 Å². The molecule has 0 saturated heterocycles. The van der Waals surface area contributed by atoms with Gasteiger partial charge in [0.2, 0.25) is 0 Å². The number of aryl methyl sites for hydroxylation is 1. The van der Waals surface area contributed by atoms with Crippen molar-refractivity contribution in [1.82, 2.24) is 25.1 Å². The second-order valence-corrected chi connectivity index (χ2v) is 12.0. The number of thiophene rings is 1. The van der Waals surface area contributed by atoms with Crippen LogP contribution in [0.25, 0.3) is 5.69 Å². The highest BCUT2D eigenvalue weighted by atomic mass is 32.2. The number of methoxy groups -OCH3 is 2. The molecule has 0 saturated carbocycles. The molecule has 45 heavy (non-hydrogen) atoms. The Hall–Kier alpha value is -4.88. The molecule has 0 aliphatic carbocycles. The number of nitrogens with one attached hydrogen (secondary N) is 1. The number of furan rings is 1. The molecule has 1 aliphatic rings. The van der Waals surface area contributed by atoms with E-state index in [9.17, 15) is 9.59 Å². The first-order valence-electron chi connectivity index (χ1n) is 14.1. The average Bonchev–Trinajstić information content (AvgIpc) is 3.89. The highest BCUT2D eigenvalue weighted by Gasteiger charge is 2.36. The molecule has 2 amide bonds. The average molecular weight is 643 g/mol. The predicted octanol–water partition coefficient (Wildman–Crippen LogP) is 5.65. The van der Waals surface area contributed by atoms with Crippen molar-refractivity contribution in [3.05, 3.63) is 106 Å². The Balaban J connectivity index is 1.27. The lowest BCUT2D eigenvalue weighted by molar-refractivity contribution is -0.130. The zero-order chi connectivity index (χ0) is 31.3. The fourth-order valence-corrected chi connectivity index (χ4v) is 6.67. The van der Waals surface area contributed by atoms with Gasteiger partial charge in [0.05, 0.1) is 49.4 Å². The molecule has 0 spiro atoms. The molecule has 0 radical (unpaired) electrons. The van der Waals surface area contributed by atoms with Crippen LogP contribution in [0.1, 0.15) is 44.8 Å². The summed E-state index contributed by atoms with van der Waals surface area (Å²) in [6.45, 7) is 2.10. The molecule has 1 N–H and O–H groups in total. The summed E-state index contributed by atoms with van der Waals surface area (Å²) in [5.41, 5.74) is 3.50. The van der Waals surface area contributed by atoms with E-state index in [1.54, 1.807) is 37.7 Å². The van der Waals surface area contributed by atoms with E-state index in [-0.39, 0.29) is 35.9 Å². The van der Waals surface area contributed by atoms with Crippen LogP contribution in [0, 0.1) is 6.92 Å². The minimum absolute atomic E-state index is 0.0483. The van der Waals surface area contributed by atoms with Crippen molar-refractivity contribution in [2.75, 3.05) is 20.0 Å². The summed E-state index contributed by atoms with van der Waals surface area (Å²) in [6, 6.07) is 20.3. The molecule has 2 aromatic carbocycles. The number of thioether (sulfide) groups is 1. The fourth-order valence-electron chi connectivity index (χ4n) is 5.13. The molecular weight excluding hydrogens is 613 g/mol. The van der Waals surface area contributed by atoms with Crippen molar-refractivity contribution in [3.63, 3.8) is 0 Å². The van der Waals surface area contributed by atoms with Crippen molar-refractivity contribution in [2.24, 2.45) is 5.10 Å². The predicted molar refractivity (Wildman–Crippen MR) is 171 cm³/mol. The third kappa shape index (κ3) is 6.35. The van der Waals surface area contributed by atoms with Gasteiger partial charge in [0.15, 0.2) is 28.2 Å². The van der Waals surface area contributed by atoms with Gasteiger partial charge >= 0.3 is 0 Å². The molecule has 3 aromatic heterocycles. The molecule has 230 valence electrons. The van der Waals surface area contributed by atoms with Crippen LogP contribution in [0.2, 0.25) is 0 Å². The number of benzene rings is 2. The number of aromatic nitrogens is 3. The van der Waals surface area contributed by atoms with E-state index in [2.05, 4.69) is 15.5 Å². The topological polar surface area (TPSA) is 124 Å².